The van der Waals surface area contributed by atoms with Crippen LogP contribution in [-0.2, 0) is 13.6 Å². The van der Waals surface area contributed by atoms with E-state index < -0.39 is 13.2 Å². The maximum atomic E-state index is 12.3. The first-order valence-corrected chi connectivity index (χ1v) is 7.24. The van der Waals surface area contributed by atoms with Gasteiger partial charge in [-0.3, -0.25) is 9.09 Å². The van der Waals surface area contributed by atoms with Crippen molar-refractivity contribution in [2.24, 2.45) is 5.41 Å². The Hall–Kier alpha value is 0.440. The highest BCUT2D eigenvalue weighted by molar-refractivity contribution is 7.54. The van der Waals surface area contributed by atoms with Gasteiger partial charge in [-0.15, -0.1) is 0 Å². The van der Waals surface area contributed by atoms with Crippen molar-refractivity contribution < 1.29 is 13.6 Å². The first-order chi connectivity index (χ1) is 6.47. The molecule has 1 atom stereocenters. The topological polar surface area (TPSA) is 35.5 Å². The molecule has 1 unspecified atom stereocenters. The summed E-state index contributed by atoms with van der Waals surface area (Å²) in [6.45, 7) is 11.5. The molecule has 0 rings (SSSR count). The van der Waals surface area contributed by atoms with Crippen molar-refractivity contribution in [3.63, 3.8) is 0 Å². The summed E-state index contributed by atoms with van der Waals surface area (Å²) in [5, 5.41) is 0. The van der Waals surface area contributed by atoms with Gasteiger partial charge in [-0.25, -0.2) is 0 Å². The van der Waals surface area contributed by atoms with Crippen molar-refractivity contribution in [3.05, 3.63) is 0 Å². The number of alkyl halides is 1. The Balaban J connectivity index is 4.68. The molecule has 0 N–H and O–H groups in total. The van der Waals surface area contributed by atoms with Crippen LogP contribution in [0.15, 0.2) is 0 Å². The van der Waals surface area contributed by atoms with Gasteiger partial charge in [0.25, 0.3) is 0 Å². The average Bonchev–Trinajstić information content (AvgIpc) is 1.74. The van der Waals surface area contributed by atoms with Crippen molar-refractivity contribution in [2.45, 2.75) is 47.1 Å². The molecule has 0 radical (unpaired) electrons. The van der Waals surface area contributed by atoms with Crippen molar-refractivity contribution in [1.82, 2.24) is 0 Å². The molecule has 0 aromatic carbocycles. The highest BCUT2D eigenvalue weighted by Crippen LogP contribution is 2.55. The molecule has 0 amide bonds. The Morgan fingerprint density at radius 1 is 1.13 bits per heavy atom. The number of halogens is 1. The van der Waals surface area contributed by atoms with E-state index in [0.29, 0.717) is 6.16 Å². The maximum absolute atomic E-state index is 12.3. The Morgan fingerprint density at radius 3 is 1.87 bits per heavy atom. The van der Waals surface area contributed by atoms with Crippen LogP contribution < -0.4 is 0 Å². The third-order valence-electron chi connectivity index (χ3n) is 1.33. The van der Waals surface area contributed by atoms with Crippen LogP contribution in [0.5, 0.6) is 0 Å². The molecule has 0 saturated carbocycles. The lowest BCUT2D eigenvalue weighted by atomic mass is 10.0. The lowest BCUT2D eigenvalue weighted by Crippen LogP contribution is -2.22. The number of hydrogen-bond acceptors (Lipinski definition) is 3. The molecular weight excluding hydrogens is 235 g/mol. The molecule has 92 valence electrons. The van der Waals surface area contributed by atoms with Crippen molar-refractivity contribution in [3.8, 4) is 0 Å². The van der Waals surface area contributed by atoms with E-state index in [1.54, 1.807) is 0 Å². The number of rotatable bonds is 4. The molecule has 0 heterocycles. The lowest BCUT2D eigenvalue weighted by molar-refractivity contribution is 0.0974. The van der Waals surface area contributed by atoms with Crippen LogP contribution in [0.4, 0.5) is 0 Å². The average molecular weight is 257 g/mol. The minimum atomic E-state index is -3.09. The summed E-state index contributed by atoms with van der Waals surface area (Å²) >= 11 is 5.47. The van der Waals surface area contributed by atoms with Crippen LogP contribution in [0.2, 0.25) is 0 Å². The standard InChI is InChI=1S/C10H22ClO3P/c1-9(2,3)7-15(12,13-8-11)14-10(4,5)6/h7-8H2,1-6H3. The molecule has 0 fully saturated rings. The van der Waals surface area contributed by atoms with Crippen LogP contribution >= 0.6 is 19.2 Å². The zero-order valence-electron chi connectivity index (χ0n) is 10.5. The van der Waals surface area contributed by atoms with Crippen LogP contribution in [-0.4, -0.2) is 17.8 Å². The van der Waals surface area contributed by atoms with Crippen LogP contribution in [0.3, 0.4) is 0 Å². The zero-order valence-corrected chi connectivity index (χ0v) is 12.1. The van der Waals surface area contributed by atoms with Crippen LogP contribution in [0.1, 0.15) is 41.5 Å². The molecule has 0 aromatic heterocycles. The maximum Gasteiger partial charge on any atom is 0.332 e. The molecule has 0 aromatic rings. The van der Waals surface area contributed by atoms with Crippen molar-refractivity contribution >= 4 is 19.2 Å². The van der Waals surface area contributed by atoms with Gasteiger partial charge < -0.3 is 4.52 Å². The van der Waals surface area contributed by atoms with Crippen LogP contribution in [0.25, 0.3) is 0 Å². The van der Waals surface area contributed by atoms with Crippen molar-refractivity contribution in [2.75, 3.05) is 12.2 Å². The highest BCUT2D eigenvalue weighted by atomic mass is 35.5. The molecule has 15 heavy (non-hydrogen) atoms. The summed E-state index contributed by atoms with van der Waals surface area (Å²) in [5.41, 5.74) is -0.611. The van der Waals surface area contributed by atoms with Gasteiger partial charge in [0.15, 0.2) is 0 Å². The Kier molecular flexibility index (Phi) is 5.33. The van der Waals surface area contributed by atoms with Crippen molar-refractivity contribution in [1.29, 1.82) is 0 Å². The van der Waals surface area contributed by atoms with Gasteiger partial charge in [0.05, 0.1) is 11.8 Å². The number of hydrogen-bond donors (Lipinski definition) is 0. The molecule has 0 spiro atoms. The fraction of sp³-hybridized carbons (Fsp3) is 1.00. The third-order valence-corrected chi connectivity index (χ3v) is 4.27. The Morgan fingerprint density at radius 2 is 1.60 bits per heavy atom. The normalized spacial score (nSPS) is 17.5. The molecule has 3 nitrogen and oxygen atoms in total. The van der Waals surface area contributed by atoms with E-state index in [4.69, 9.17) is 20.6 Å². The second-order valence-electron chi connectivity index (χ2n) is 5.77. The van der Waals surface area contributed by atoms with Gasteiger partial charge in [-0.2, -0.15) is 0 Å². The summed E-state index contributed by atoms with van der Waals surface area (Å²) in [6, 6.07) is -0.108. The summed E-state index contributed by atoms with van der Waals surface area (Å²) < 4.78 is 22.9. The van der Waals surface area contributed by atoms with Gasteiger partial charge in [-0.1, -0.05) is 32.4 Å². The highest BCUT2D eigenvalue weighted by Gasteiger charge is 2.35. The fourth-order valence-electron chi connectivity index (χ4n) is 1.18. The molecule has 0 aliphatic heterocycles. The molecular formula is C10H22ClO3P. The quantitative estimate of drug-likeness (QED) is 0.557. The van der Waals surface area contributed by atoms with Gasteiger partial charge >= 0.3 is 7.60 Å². The van der Waals surface area contributed by atoms with Gasteiger partial charge in [0.2, 0.25) is 0 Å². The first kappa shape index (κ1) is 15.4. The van der Waals surface area contributed by atoms with Gasteiger partial charge in [0.1, 0.15) is 6.07 Å². The van der Waals surface area contributed by atoms with E-state index in [0.717, 1.165) is 0 Å². The molecule has 0 aliphatic carbocycles. The molecule has 0 bridgehead atoms. The van der Waals surface area contributed by atoms with Crippen LogP contribution in [0, 0.1) is 5.41 Å². The summed E-state index contributed by atoms with van der Waals surface area (Å²) in [5.74, 6) is 0. The monoisotopic (exact) mass is 256 g/mol. The van der Waals surface area contributed by atoms with E-state index in [1.165, 1.54) is 0 Å². The Bertz CT molecular complexity index is 220. The van der Waals surface area contributed by atoms with Gasteiger partial charge in [-0.05, 0) is 26.2 Å². The first-order valence-electron chi connectivity index (χ1n) is 4.98. The third kappa shape index (κ3) is 8.27. The smallest absolute Gasteiger partial charge is 0.303 e. The fourth-order valence-corrected chi connectivity index (χ4v) is 3.98. The lowest BCUT2D eigenvalue weighted by Gasteiger charge is -2.30. The SMILES string of the molecule is CC(C)(C)CP(=O)(OCCl)OC(C)(C)C. The Labute approximate surface area is 98.0 Å². The second kappa shape index (κ2) is 5.18. The van der Waals surface area contributed by atoms with E-state index in [-0.39, 0.29) is 11.5 Å². The van der Waals surface area contributed by atoms with E-state index >= 15 is 0 Å². The summed E-state index contributed by atoms with van der Waals surface area (Å²) in [6.07, 6.45) is 0.365. The predicted molar refractivity (Wildman–Crippen MR) is 64.6 cm³/mol. The van der Waals surface area contributed by atoms with E-state index in [2.05, 4.69) is 0 Å². The minimum Gasteiger partial charge on any atom is -0.303 e. The second-order valence-corrected chi connectivity index (χ2v) is 7.97. The summed E-state index contributed by atoms with van der Waals surface area (Å²) in [4.78, 5) is 0. The van der Waals surface area contributed by atoms with E-state index in [9.17, 15) is 4.57 Å². The minimum absolute atomic E-state index is 0.108. The summed E-state index contributed by atoms with van der Waals surface area (Å²) in [7, 11) is -3.09. The van der Waals surface area contributed by atoms with Gasteiger partial charge in [0, 0.05) is 0 Å². The predicted octanol–water partition coefficient (Wildman–Crippen LogP) is 4.25. The molecule has 5 heteroatoms. The zero-order chi connectivity index (χ0) is 12.3. The molecule has 0 aliphatic rings. The largest absolute Gasteiger partial charge is 0.332 e. The van der Waals surface area contributed by atoms with E-state index in [1.807, 2.05) is 41.5 Å². The molecule has 0 saturated heterocycles.